The summed E-state index contributed by atoms with van der Waals surface area (Å²) in [4.78, 5) is 4.35. The van der Waals surface area contributed by atoms with E-state index < -0.39 is 0 Å². The molecule has 0 saturated heterocycles. The number of nitrogens with two attached hydrogens (primary N) is 1. The number of halogens is 1. The molecule has 3 nitrogen and oxygen atoms in total. The second kappa shape index (κ2) is 4.30. The molecule has 0 aliphatic carbocycles. The first-order valence-corrected chi connectivity index (χ1v) is 5.15. The average molecular weight is 229 g/mol. The smallest absolute Gasteiger partial charge is 0.132 e. The van der Waals surface area contributed by atoms with Crippen LogP contribution in [0.25, 0.3) is 11.3 Å². The Hall–Kier alpha value is -2.28. The third-order valence-electron chi connectivity index (χ3n) is 2.56. The number of hydrogen-bond donors (Lipinski definition) is 1. The van der Waals surface area contributed by atoms with E-state index in [0.717, 1.165) is 11.4 Å². The van der Waals surface area contributed by atoms with E-state index in [1.807, 2.05) is 6.92 Å². The Kier molecular flexibility index (Phi) is 2.84. The maximum atomic E-state index is 12.8. The van der Waals surface area contributed by atoms with Crippen LogP contribution in [0.3, 0.4) is 0 Å². The fourth-order valence-electron chi connectivity index (χ4n) is 1.69. The van der Waals surface area contributed by atoms with E-state index in [2.05, 4.69) is 10.9 Å². The largest absolute Gasteiger partial charge is 0.383 e. The molecule has 0 unspecified atom stereocenters. The quantitative estimate of drug-likeness (QED) is 0.802. The lowest BCUT2D eigenvalue weighted by molar-refractivity contribution is 0.628. The van der Waals surface area contributed by atoms with Crippen molar-refractivity contribution in [3.8, 4) is 23.6 Å². The van der Waals surface area contributed by atoms with E-state index >= 15 is 0 Å². The van der Waals surface area contributed by atoms with Crippen molar-refractivity contribution in [1.29, 1.82) is 0 Å². The Morgan fingerprint density at radius 2 is 2.06 bits per heavy atom. The van der Waals surface area contributed by atoms with Gasteiger partial charge in [0.1, 0.15) is 23.2 Å². The van der Waals surface area contributed by atoms with E-state index in [0.29, 0.717) is 18.1 Å². The fourth-order valence-corrected chi connectivity index (χ4v) is 1.69. The van der Waals surface area contributed by atoms with Crippen LogP contribution in [0.15, 0.2) is 24.3 Å². The maximum Gasteiger partial charge on any atom is 0.132 e. The van der Waals surface area contributed by atoms with E-state index in [9.17, 15) is 4.39 Å². The van der Waals surface area contributed by atoms with Gasteiger partial charge in [0.05, 0.1) is 6.54 Å². The van der Waals surface area contributed by atoms with Gasteiger partial charge in [0, 0.05) is 5.56 Å². The summed E-state index contributed by atoms with van der Waals surface area (Å²) in [5, 5.41) is 0. The molecular formula is C13H12FN3. The average Bonchev–Trinajstić information content (AvgIpc) is 2.59. The Morgan fingerprint density at radius 3 is 2.65 bits per heavy atom. The highest BCUT2D eigenvalue weighted by Gasteiger charge is 2.12. The van der Waals surface area contributed by atoms with Gasteiger partial charge in [-0.3, -0.25) is 0 Å². The van der Waals surface area contributed by atoms with Crippen LogP contribution in [0.5, 0.6) is 0 Å². The lowest BCUT2D eigenvalue weighted by atomic mass is 10.1. The Morgan fingerprint density at radius 1 is 1.41 bits per heavy atom. The molecule has 0 aliphatic heterocycles. The first-order chi connectivity index (χ1) is 8.13. The van der Waals surface area contributed by atoms with Crippen molar-refractivity contribution in [3.05, 3.63) is 35.9 Å². The fraction of sp³-hybridized carbons (Fsp3) is 0.154. The molecule has 86 valence electrons. The van der Waals surface area contributed by atoms with Crippen LogP contribution in [0.4, 0.5) is 10.2 Å². The Bertz CT molecular complexity index is 576. The summed E-state index contributed by atoms with van der Waals surface area (Å²) in [5.74, 6) is 3.49. The molecule has 2 rings (SSSR count). The number of aryl methyl sites for hydroxylation is 1. The van der Waals surface area contributed by atoms with Gasteiger partial charge >= 0.3 is 0 Å². The van der Waals surface area contributed by atoms with Crippen LogP contribution < -0.4 is 5.73 Å². The second-order valence-electron chi connectivity index (χ2n) is 3.69. The molecule has 0 saturated carbocycles. The van der Waals surface area contributed by atoms with Crippen molar-refractivity contribution < 1.29 is 4.39 Å². The molecule has 4 heteroatoms. The van der Waals surface area contributed by atoms with Crippen molar-refractivity contribution >= 4 is 5.82 Å². The summed E-state index contributed by atoms with van der Waals surface area (Å²) < 4.78 is 14.6. The van der Waals surface area contributed by atoms with Gasteiger partial charge in [-0.25, -0.2) is 9.37 Å². The number of anilines is 1. The maximum absolute atomic E-state index is 12.8. The second-order valence-corrected chi connectivity index (χ2v) is 3.69. The number of imidazole rings is 1. The summed E-state index contributed by atoms with van der Waals surface area (Å²) in [6.45, 7) is 2.21. The predicted molar refractivity (Wildman–Crippen MR) is 65.6 cm³/mol. The van der Waals surface area contributed by atoms with Crippen LogP contribution in [-0.4, -0.2) is 9.55 Å². The number of nitrogens with zero attached hydrogens (tertiary/aromatic N) is 2. The SMILES string of the molecule is C#CCn1c(C)nc(-c2ccc(F)cc2)c1N. The molecule has 0 radical (unpaired) electrons. The first-order valence-electron chi connectivity index (χ1n) is 5.15. The summed E-state index contributed by atoms with van der Waals surface area (Å²) in [6.07, 6.45) is 5.26. The van der Waals surface area contributed by atoms with Crippen LogP contribution in [0.2, 0.25) is 0 Å². The van der Waals surface area contributed by atoms with Gasteiger partial charge in [-0.15, -0.1) is 6.42 Å². The monoisotopic (exact) mass is 229 g/mol. The normalized spacial score (nSPS) is 10.2. The number of rotatable bonds is 2. The number of hydrogen-bond acceptors (Lipinski definition) is 2. The molecule has 0 amide bonds. The molecule has 0 fully saturated rings. The Balaban J connectivity index is 2.50. The number of terminal acetylenes is 1. The van der Waals surface area contributed by atoms with Crippen LogP contribution in [0, 0.1) is 25.1 Å². The van der Waals surface area contributed by atoms with Crippen molar-refractivity contribution in [2.75, 3.05) is 5.73 Å². The van der Waals surface area contributed by atoms with E-state index in [1.54, 1.807) is 16.7 Å². The molecule has 0 aliphatic rings. The highest BCUT2D eigenvalue weighted by atomic mass is 19.1. The minimum atomic E-state index is -0.285. The molecule has 2 aromatic rings. The van der Waals surface area contributed by atoms with E-state index in [4.69, 9.17) is 12.2 Å². The van der Waals surface area contributed by atoms with Crippen molar-refractivity contribution in [2.45, 2.75) is 13.5 Å². The van der Waals surface area contributed by atoms with Crippen molar-refractivity contribution in [2.24, 2.45) is 0 Å². The van der Waals surface area contributed by atoms with Gasteiger partial charge in [-0.1, -0.05) is 5.92 Å². The lowest BCUT2D eigenvalue weighted by Crippen LogP contribution is -2.03. The molecular weight excluding hydrogens is 217 g/mol. The predicted octanol–water partition coefficient (Wildman–Crippen LogP) is 2.21. The van der Waals surface area contributed by atoms with Gasteiger partial charge in [0.2, 0.25) is 0 Å². The third-order valence-corrected chi connectivity index (χ3v) is 2.56. The highest BCUT2D eigenvalue weighted by Crippen LogP contribution is 2.26. The zero-order chi connectivity index (χ0) is 12.4. The minimum Gasteiger partial charge on any atom is -0.383 e. The van der Waals surface area contributed by atoms with Gasteiger partial charge in [-0.2, -0.15) is 0 Å². The van der Waals surface area contributed by atoms with Crippen molar-refractivity contribution in [3.63, 3.8) is 0 Å². The standard InChI is InChI=1S/C13H12FN3/c1-3-8-17-9(2)16-12(13(17)15)10-4-6-11(14)7-5-10/h1,4-7H,8,15H2,2H3. The molecule has 1 heterocycles. The topological polar surface area (TPSA) is 43.8 Å². The summed E-state index contributed by atoms with van der Waals surface area (Å²) in [7, 11) is 0. The first kappa shape index (κ1) is 11.2. The van der Waals surface area contributed by atoms with Gasteiger partial charge in [-0.05, 0) is 31.2 Å². The van der Waals surface area contributed by atoms with Gasteiger partial charge in [0.15, 0.2) is 0 Å². The zero-order valence-corrected chi connectivity index (χ0v) is 9.44. The molecule has 17 heavy (non-hydrogen) atoms. The minimum absolute atomic E-state index is 0.285. The van der Waals surface area contributed by atoms with Crippen molar-refractivity contribution in [1.82, 2.24) is 9.55 Å². The molecule has 1 aromatic heterocycles. The zero-order valence-electron chi connectivity index (χ0n) is 9.44. The van der Waals surface area contributed by atoms with Crippen LogP contribution in [-0.2, 0) is 6.54 Å². The Labute approximate surface area is 99.1 Å². The number of nitrogen functional groups attached to an aromatic ring is 1. The lowest BCUT2D eigenvalue weighted by Gasteiger charge is -2.02. The summed E-state index contributed by atoms with van der Waals surface area (Å²) in [5.41, 5.74) is 7.39. The molecule has 1 aromatic carbocycles. The summed E-state index contributed by atoms with van der Waals surface area (Å²) >= 11 is 0. The van der Waals surface area contributed by atoms with E-state index in [1.165, 1.54) is 12.1 Å². The number of aromatic nitrogens is 2. The van der Waals surface area contributed by atoms with Gasteiger partial charge < -0.3 is 10.3 Å². The molecule has 0 atom stereocenters. The highest BCUT2D eigenvalue weighted by molar-refractivity contribution is 5.71. The number of benzene rings is 1. The van der Waals surface area contributed by atoms with E-state index in [-0.39, 0.29) is 5.82 Å². The van der Waals surface area contributed by atoms with Crippen LogP contribution >= 0.6 is 0 Å². The van der Waals surface area contributed by atoms with Crippen LogP contribution in [0.1, 0.15) is 5.82 Å². The molecule has 0 bridgehead atoms. The molecule has 2 N–H and O–H groups in total. The molecule has 0 spiro atoms. The van der Waals surface area contributed by atoms with Gasteiger partial charge in [0.25, 0.3) is 0 Å². The third kappa shape index (κ3) is 2.00. The summed E-state index contributed by atoms with van der Waals surface area (Å²) in [6, 6.07) is 6.05.